The van der Waals surface area contributed by atoms with E-state index < -0.39 is 10.0 Å². The maximum absolute atomic E-state index is 13.1. The number of nitrogens with zero attached hydrogens (tertiary/aromatic N) is 1. The summed E-state index contributed by atoms with van der Waals surface area (Å²) in [5.41, 5.74) is 1.09. The molecule has 1 aliphatic carbocycles. The van der Waals surface area contributed by atoms with Crippen LogP contribution in [0.5, 0.6) is 0 Å². The summed E-state index contributed by atoms with van der Waals surface area (Å²) < 4.78 is 40.5. The van der Waals surface area contributed by atoms with Gasteiger partial charge in [-0.1, -0.05) is 31.9 Å². The van der Waals surface area contributed by atoms with E-state index in [1.807, 2.05) is 0 Å². The molecule has 23 heavy (non-hydrogen) atoms. The Morgan fingerprint density at radius 2 is 1.83 bits per heavy atom. The molecule has 3 rings (SSSR count). The van der Waals surface area contributed by atoms with Gasteiger partial charge in [0.1, 0.15) is 16.6 Å². The summed E-state index contributed by atoms with van der Waals surface area (Å²) in [6, 6.07) is 5.66. The maximum atomic E-state index is 13.1. The molecule has 0 aromatic heterocycles. The fourth-order valence-corrected chi connectivity index (χ4v) is 4.82. The molecule has 0 amide bonds. The van der Waals surface area contributed by atoms with E-state index in [0.29, 0.717) is 22.9 Å². The van der Waals surface area contributed by atoms with E-state index in [9.17, 15) is 12.8 Å². The van der Waals surface area contributed by atoms with Crippen LogP contribution in [0.4, 0.5) is 4.39 Å². The average Bonchev–Trinajstić information content (AvgIpc) is 2.72. The highest BCUT2D eigenvalue weighted by Gasteiger charge is 2.33. The first-order valence-electron chi connectivity index (χ1n) is 7.96. The lowest BCUT2D eigenvalue weighted by molar-refractivity contribution is 0.333. The van der Waals surface area contributed by atoms with E-state index in [1.54, 1.807) is 6.92 Å². The van der Waals surface area contributed by atoms with Gasteiger partial charge in [0.15, 0.2) is 0 Å². The summed E-state index contributed by atoms with van der Waals surface area (Å²) in [5, 5.41) is 0. The fraction of sp³-hybridized carbons (Fsp3) is 0.471. The third-order valence-corrected chi connectivity index (χ3v) is 6.20. The average molecular weight is 336 g/mol. The second-order valence-electron chi connectivity index (χ2n) is 6.37. The largest absolute Gasteiger partial charge is 0.264 e. The summed E-state index contributed by atoms with van der Waals surface area (Å²) in [7, 11) is -3.64. The van der Waals surface area contributed by atoms with Crippen molar-refractivity contribution in [3.8, 4) is 0 Å². The molecule has 2 aliphatic rings. The smallest absolute Gasteiger partial charge is 0.264 e. The zero-order chi connectivity index (χ0) is 16.6. The minimum Gasteiger partial charge on any atom is -0.264 e. The molecule has 0 radical (unpaired) electrons. The lowest BCUT2D eigenvalue weighted by Gasteiger charge is -2.25. The molecular formula is C17H21FN2O2S. The van der Waals surface area contributed by atoms with Gasteiger partial charge in [-0.2, -0.15) is 0 Å². The maximum Gasteiger partial charge on any atom is 0.264 e. The van der Waals surface area contributed by atoms with Gasteiger partial charge in [0.2, 0.25) is 0 Å². The number of rotatable bonds is 2. The first-order chi connectivity index (χ1) is 10.9. The van der Waals surface area contributed by atoms with Crippen LogP contribution in [0.25, 0.3) is 4.91 Å². The lowest BCUT2D eigenvalue weighted by atomic mass is 9.86. The molecule has 2 atom stereocenters. The summed E-state index contributed by atoms with van der Waals surface area (Å²) in [4.78, 5) is 4.87. The Hall–Kier alpha value is -1.69. The second-order valence-corrected chi connectivity index (χ2v) is 7.99. The number of hydrogen-bond donors (Lipinski definition) is 1. The minimum atomic E-state index is -3.64. The normalized spacial score (nSPS) is 28.9. The Labute approximate surface area is 136 Å². The van der Waals surface area contributed by atoms with Gasteiger partial charge in [-0.3, -0.25) is 9.71 Å². The number of amidine groups is 1. The highest BCUT2D eigenvalue weighted by atomic mass is 32.2. The zero-order valence-electron chi connectivity index (χ0n) is 13.3. The first-order valence-corrected chi connectivity index (χ1v) is 9.44. The van der Waals surface area contributed by atoms with E-state index >= 15 is 0 Å². The van der Waals surface area contributed by atoms with Crippen molar-refractivity contribution < 1.29 is 12.8 Å². The Kier molecular flexibility index (Phi) is 4.27. The van der Waals surface area contributed by atoms with Gasteiger partial charge in [0, 0.05) is 5.57 Å². The van der Waals surface area contributed by atoms with E-state index in [-0.39, 0.29) is 16.8 Å². The number of benzene rings is 1. The Balaban J connectivity index is 2.00. The first kappa shape index (κ1) is 16.2. The van der Waals surface area contributed by atoms with Crippen molar-refractivity contribution in [2.24, 2.45) is 10.9 Å². The van der Waals surface area contributed by atoms with Crippen LogP contribution < -0.4 is 4.72 Å². The van der Waals surface area contributed by atoms with Gasteiger partial charge in [-0.15, -0.1) is 0 Å². The third kappa shape index (κ3) is 3.17. The summed E-state index contributed by atoms with van der Waals surface area (Å²) in [5.74, 6) is 0.506. The zero-order valence-corrected chi connectivity index (χ0v) is 14.2. The molecule has 1 saturated carbocycles. The number of nitrogens with one attached hydrogen (secondary N) is 1. The van der Waals surface area contributed by atoms with Crippen LogP contribution in [-0.4, -0.2) is 20.3 Å². The highest BCUT2D eigenvalue weighted by Crippen LogP contribution is 2.32. The minimum absolute atomic E-state index is 0.156. The van der Waals surface area contributed by atoms with E-state index in [4.69, 9.17) is 0 Å². The van der Waals surface area contributed by atoms with Crippen LogP contribution in [0.3, 0.4) is 0 Å². The molecule has 0 spiro atoms. The summed E-state index contributed by atoms with van der Waals surface area (Å²) in [6.45, 7) is 3.92. The van der Waals surface area contributed by atoms with Crippen LogP contribution >= 0.6 is 0 Å². The number of aliphatic imine (C=N–C) groups is 1. The molecule has 124 valence electrons. The van der Waals surface area contributed by atoms with Crippen molar-refractivity contribution in [3.05, 3.63) is 41.2 Å². The predicted molar refractivity (Wildman–Crippen MR) is 89.9 cm³/mol. The van der Waals surface area contributed by atoms with Crippen molar-refractivity contribution in [1.29, 1.82) is 0 Å². The molecule has 0 saturated heterocycles. The molecule has 4 nitrogen and oxygen atoms in total. The van der Waals surface area contributed by atoms with Gasteiger partial charge in [0.25, 0.3) is 10.0 Å². The Morgan fingerprint density at radius 3 is 2.48 bits per heavy atom. The number of sulfonamides is 1. The standard InChI is InChI=1S/C17H21FN2O2S/c1-11-5-3-4-6-15(11)19-17-12(2)16(23(21,22)20-17)13-7-9-14(18)10-8-13/h7-11,15H,3-6H2,1-2H3,(H,19,20). The van der Waals surface area contributed by atoms with Gasteiger partial charge in [-0.25, -0.2) is 12.8 Å². The van der Waals surface area contributed by atoms with Gasteiger partial charge in [-0.05, 0) is 43.4 Å². The van der Waals surface area contributed by atoms with Gasteiger partial charge < -0.3 is 0 Å². The molecule has 1 heterocycles. The van der Waals surface area contributed by atoms with Crippen molar-refractivity contribution in [2.45, 2.75) is 45.6 Å². The number of hydrogen-bond acceptors (Lipinski definition) is 3. The highest BCUT2D eigenvalue weighted by molar-refractivity contribution is 8.00. The topological polar surface area (TPSA) is 58.5 Å². The lowest BCUT2D eigenvalue weighted by Crippen LogP contribution is -2.28. The van der Waals surface area contributed by atoms with Gasteiger partial charge >= 0.3 is 0 Å². The molecular weight excluding hydrogens is 315 g/mol. The fourth-order valence-electron chi connectivity index (χ4n) is 3.31. The molecule has 1 N–H and O–H groups in total. The Bertz CT molecular complexity index is 766. The molecule has 1 aromatic rings. The third-order valence-electron chi connectivity index (χ3n) is 4.66. The van der Waals surface area contributed by atoms with Crippen LogP contribution in [0.2, 0.25) is 0 Å². The quantitative estimate of drug-likeness (QED) is 0.899. The molecule has 1 aromatic carbocycles. The van der Waals surface area contributed by atoms with E-state index in [1.165, 1.54) is 30.7 Å². The van der Waals surface area contributed by atoms with Crippen LogP contribution in [0.15, 0.2) is 34.8 Å². The number of halogens is 1. The summed E-state index contributed by atoms with van der Waals surface area (Å²) in [6.07, 6.45) is 4.46. The van der Waals surface area contributed by atoms with Crippen molar-refractivity contribution >= 4 is 20.8 Å². The Morgan fingerprint density at radius 1 is 1.17 bits per heavy atom. The van der Waals surface area contributed by atoms with Gasteiger partial charge in [0.05, 0.1) is 6.04 Å². The van der Waals surface area contributed by atoms with Crippen molar-refractivity contribution in [1.82, 2.24) is 4.72 Å². The summed E-state index contributed by atoms with van der Waals surface area (Å²) >= 11 is 0. The SMILES string of the molecule is CC1=C(c2ccc(F)cc2)S(=O)(=O)NC1=NC1CCCCC1C. The monoisotopic (exact) mass is 336 g/mol. The van der Waals surface area contributed by atoms with Crippen LogP contribution in [-0.2, 0) is 10.0 Å². The predicted octanol–water partition coefficient (Wildman–Crippen LogP) is 3.47. The van der Waals surface area contributed by atoms with Crippen molar-refractivity contribution in [3.63, 3.8) is 0 Å². The molecule has 1 fully saturated rings. The molecule has 2 unspecified atom stereocenters. The van der Waals surface area contributed by atoms with Crippen molar-refractivity contribution in [2.75, 3.05) is 0 Å². The van der Waals surface area contributed by atoms with Crippen LogP contribution in [0, 0.1) is 11.7 Å². The van der Waals surface area contributed by atoms with E-state index in [0.717, 1.165) is 19.3 Å². The molecule has 6 heteroatoms. The van der Waals surface area contributed by atoms with Crippen LogP contribution in [0.1, 0.15) is 45.1 Å². The van der Waals surface area contributed by atoms with E-state index in [2.05, 4.69) is 16.6 Å². The molecule has 0 bridgehead atoms. The second kappa shape index (κ2) is 6.07. The molecule has 1 aliphatic heterocycles.